The summed E-state index contributed by atoms with van der Waals surface area (Å²) in [5.74, 6) is -1.68. The Hall–Kier alpha value is -2.30. The van der Waals surface area contributed by atoms with Crippen molar-refractivity contribution in [3.05, 3.63) is 35.9 Å². The van der Waals surface area contributed by atoms with E-state index in [4.69, 9.17) is 10.8 Å². The Kier molecular flexibility index (Phi) is 3.66. The average Bonchev–Trinajstić information content (AvgIpc) is 2.21. The van der Waals surface area contributed by atoms with Gasteiger partial charge in [-0.1, -0.05) is 6.07 Å². The lowest BCUT2D eigenvalue weighted by Gasteiger charge is -2.05. The predicted octanol–water partition coefficient (Wildman–Crippen LogP) is 1.16. The minimum atomic E-state index is -1.17. The number of hydrogen-bond acceptors (Lipinski definition) is 3. The smallest absolute Gasteiger partial charge is 0.328 e. The molecule has 0 aliphatic carbocycles. The van der Waals surface area contributed by atoms with Gasteiger partial charge >= 0.3 is 5.97 Å². The number of nitrogens with two attached hydrogens (primary N) is 1. The molecule has 0 aliphatic rings. The van der Waals surface area contributed by atoms with Crippen LogP contribution < -0.4 is 11.1 Å². The molecule has 5 nitrogen and oxygen atoms in total. The van der Waals surface area contributed by atoms with Crippen molar-refractivity contribution < 1.29 is 14.7 Å². The molecule has 0 aromatic heterocycles. The number of carbonyl (C=O) groups is 2. The van der Waals surface area contributed by atoms with Crippen molar-refractivity contribution >= 4 is 23.3 Å². The number of aryl methyl sites for hydroxylation is 1. The maximum atomic E-state index is 11.2. The molecule has 0 saturated carbocycles. The lowest BCUT2D eigenvalue weighted by atomic mass is 10.2. The zero-order valence-corrected chi connectivity index (χ0v) is 8.73. The maximum Gasteiger partial charge on any atom is 0.328 e. The van der Waals surface area contributed by atoms with Crippen LogP contribution in [0, 0.1) is 6.92 Å². The Balaban J connectivity index is 2.70. The number of aliphatic carboxylic acids is 1. The Bertz CT molecular complexity index is 453. The van der Waals surface area contributed by atoms with E-state index in [1.165, 1.54) is 0 Å². The number of nitrogen functional groups attached to an aromatic ring is 1. The van der Waals surface area contributed by atoms with Crippen LogP contribution in [0.5, 0.6) is 0 Å². The molecule has 0 spiro atoms. The number of amides is 1. The van der Waals surface area contributed by atoms with Gasteiger partial charge in [0.25, 0.3) is 0 Å². The molecule has 0 aliphatic heterocycles. The van der Waals surface area contributed by atoms with Crippen LogP contribution in [0.4, 0.5) is 11.4 Å². The van der Waals surface area contributed by atoms with Gasteiger partial charge in [0.15, 0.2) is 0 Å². The first-order valence-corrected chi connectivity index (χ1v) is 4.57. The third-order valence-electron chi connectivity index (χ3n) is 1.92. The quantitative estimate of drug-likeness (QED) is 0.526. The number of hydrogen-bond donors (Lipinski definition) is 3. The zero-order chi connectivity index (χ0) is 12.1. The minimum Gasteiger partial charge on any atom is -0.478 e. The summed E-state index contributed by atoms with van der Waals surface area (Å²) in [5.41, 5.74) is 7.67. The summed E-state index contributed by atoms with van der Waals surface area (Å²) >= 11 is 0. The highest BCUT2D eigenvalue weighted by molar-refractivity contribution is 6.02. The molecule has 0 atom stereocenters. The second-order valence-electron chi connectivity index (χ2n) is 3.23. The van der Waals surface area contributed by atoms with Crippen molar-refractivity contribution in [2.45, 2.75) is 6.92 Å². The van der Waals surface area contributed by atoms with Crippen LogP contribution in [0.3, 0.4) is 0 Å². The van der Waals surface area contributed by atoms with E-state index in [1.807, 2.05) is 6.92 Å². The fraction of sp³-hybridized carbons (Fsp3) is 0.0909. The number of anilines is 2. The summed E-state index contributed by atoms with van der Waals surface area (Å²) in [5, 5.41) is 10.8. The van der Waals surface area contributed by atoms with Crippen LogP contribution in [-0.2, 0) is 9.59 Å². The van der Waals surface area contributed by atoms with Crippen molar-refractivity contribution in [2.24, 2.45) is 0 Å². The van der Waals surface area contributed by atoms with Gasteiger partial charge in [-0.25, -0.2) is 4.79 Å². The summed E-state index contributed by atoms with van der Waals surface area (Å²) < 4.78 is 0. The van der Waals surface area contributed by atoms with Gasteiger partial charge in [0, 0.05) is 23.5 Å². The molecule has 0 saturated heterocycles. The van der Waals surface area contributed by atoms with Crippen LogP contribution in [0.15, 0.2) is 30.4 Å². The van der Waals surface area contributed by atoms with E-state index in [-0.39, 0.29) is 0 Å². The van der Waals surface area contributed by atoms with Gasteiger partial charge in [0.2, 0.25) is 5.91 Å². The normalized spacial score (nSPS) is 10.3. The molecular formula is C11H12N2O3. The molecule has 4 N–H and O–H groups in total. The third kappa shape index (κ3) is 3.45. The largest absolute Gasteiger partial charge is 0.478 e. The lowest BCUT2D eigenvalue weighted by molar-refractivity contribution is -0.131. The van der Waals surface area contributed by atoms with E-state index >= 15 is 0 Å². The second-order valence-corrected chi connectivity index (χ2v) is 3.23. The van der Waals surface area contributed by atoms with Crippen molar-refractivity contribution in [1.29, 1.82) is 0 Å². The molecule has 1 amide bonds. The molecule has 1 aromatic carbocycles. The van der Waals surface area contributed by atoms with Crippen molar-refractivity contribution in [3.8, 4) is 0 Å². The van der Waals surface area contributed by atoms with Gasteiger partial charge in [0.1, 0.15) is 0 Å². The number of carboxylic acids is 1. The van der Waals surface area contributed by atoms with Gasteiger partial charge in [0.05, 0.1) is 0 Å². The third-order valence-corrected chi connectivity index (χ3v) is 1.92. The summed E-state index contributed by atoms with van der Waals surface area (Å²) in [6.45, 7) is 1.85. The highest BCUT2D eigenvalue weighted by Gasteiger charge is 2.00. The summed E-state index contributed by atoms with van der Waals surface area (Å²) in [7, 11) is 0. The molecule has 1 rings (SSSR count). The average molecular weight is 220 g/mol. The van der Waals surface area contributed by atoms with Crippen LogP contribution >= 0.6 is 0 Å². The van der Waals surface area contributed by atoms with Crippen molar-refractivity contribution in [1.82, 2.24) is 0 Å². The Morgan fingerprint density at radius 1 is 1.38 bits per heavy atom. The highest BCUT2D eigenvalue weighted by atomic mass is 16.4. The Labute approximate surface area is 92.6 Å². The van der Waals surface area contributed by atoms with E-state index in [9.17, 15) is 9.59 Å². The molecule has 5 heteroatoms. The SMILES string of the molecule is Cc1ccc(NC(=O)/C=C\C(=O)O)cc1N. The summed E-state index contributed by atoms with van der Waals surface area (Å²) in [6.07, 6.45) is 1.71. The van der Waals surface area contributed by atoms with E-state index < -0.39 is 11.9 Å². The van der Waals surface area contributed by atoms with Gasteiger partial charge in [-0.15, -0.1) is 0 Å². The number of nitrogens with one attached hydrogen (secondary N) is 1. The molecule has 1 aromatic rings. The molecular weight excluding hydrogens is 208 g/mol. The molecule has 0 fully saturated rings. The van der Waals surface area contributed by atoms with Crippen molar-refractivity contribution in [2.75, 3.05) is 11.1 Å². The van der Waals surface area contributed by atoms with Crippen LogP contribution in [0.2, 0.25) is 0 Å². The monoisotopic (exact) mass is 220 g/mol. The van der Waals surface area contributed by atoms with E-state index in [0.717, 1.165) is 17.7 Å². The van der Waals surface area contributed by atoms with Gasteiger partial charge in [-0.05, 0) is 24.6 Å². The minimum absolute atomic E-state index is 0.509. The zero-order valence-electron chi connectivity index (χ0n) is 8.73. The van der Waals surface area contributed by atoms with Crippen LogP contribution in [0.1, 0.15) is 5.56 Å². The van der Waals surface area contributed by atoms with E-state index in [1.54, 1.807) is 18.2 Å². The first-order valence-electron chi connectivity index (χ1n) is 4.57. The fourth-order valence-electron chi connectivity index (χ4n) is 1.05. The van der Waals surface area contributed by atoms with Gasteiger partial charge < -0.3 is 16.2 Å². The topological polar surface area (TPSA) is 92.4 Å². The molecule has 0 unspecified atom stereocenters. The molecule has 0 radical (unpaired) electrons. The van der Waals surface area contributed by atoms with Gasteiger partial charge in [-0.2, -0.15) is 0 Å². The summed E-state index contributed by atoms with van der Waals surface area (Å²) in [6, 6.07) is 5.08. The number of carbonyl (C=O) groups excluding carboxylic acids is 1. The van der Waals surface area contributed by atoms with Crippen LogP contribution in [-0.4, -0.2) is 17.0 Å². The van der Waals surface area contributed by atoms with Crippen LogP contribution in [0.25, 0.3) is 0 Å². The molecule has 84 valence electrons. The van der Waals surface area contributed by atoms with Gasteiger partial charge in [-0.3, -0.25) is 4.79 Å². The standard InChI is InChI=1S/C11H12N2O3/c1-7-2-3-8(6-9(7)12)13-10(14)4-5-11(15)16/h2-6H,12H2,1H3,(H,13,14)(H,15,16)/b5-4-. The molecule has 0 heterocycles. The molecule has 0 bridgehead atoms. The number of rotatable bonds is 3. The second kappa shape index (κ2) is 4.97. The Morgan fingerprint density at radius 3 is 2.62 bits per heavy atom. The lowest BCUT2D eigenvalue weighted by Crippen LogP contribution is -2.09. The summed E-state index contributed by atoms with van der Waals surface area (Å²) in [4.78, 5) is 21.4. The first-order chi connectivity index (χ1) is 7.49. The Morgan fingerprint density at radius 2 is 2.06 bits per heavy atom. The first kappa shape index (κ1) is 11.8. The van der Waals surface area contributed by atoms with Crippen molar-refractivity contribution in [3.63, 3.8) is 0 Å². The predicted molar refractivity (Wildman–Crippen MR) is 61.0 cm³/mol. The number of benzene rings is 1. The maximum absolute atomic E-state index is 11.2. The van der Waals surface area contributed by atoms with E-state index in [0.29, 0.717) is 11.4 Å². The fourth-order valence-corrected chi connectivity index (χ4v) is 1.05. The van der Waals surface area contributed by atoms with E-state index in [2.05, 4.69) is 5.32 Å². The number of carboxylic acid groups (broad SMARTS) is 1. The molecule has 16 heavy (non-hydrogen) atoms. The highest BCUT2D eigenvalue weighted by Crippen LogP contribution is 2.16.